The lowest BCUT2D eigenvalue weighted by molar-refractivity contribution is -0.870. The lowest BCUT2D eigenvalue weighted by Crippen LogP contribution is -2.45. The Kier molecular flexibility index (Phi) is 51.4. The highest BCUT2D eigenvalue weighted by Gasteiger charge is 2.23. The standard InChI is InChI=1S/C64H111N2O6P/c1-6-8-10-12-14-16-18-20-22-24-26-28-30-31-32-33-34-35-36-38-40-42-44-46-48-50-52-54-56-58-64(68)65-62(61-72-73(69,70)71-60-59-66(3,4)5)63(67)57-55-53-51-49-47-45-43-41-39-37-29-27-25-23-21-19-17-15-13-11-9-7-2/h8,10,14,16,20,22,26,28,31-32,34-35,38,40,44,46-47,49,55,57,62-63,67H,6-7,9,11-13,15,17-19,21,23-25,27,29-30,33,36-37,39,41-43,45,48,50-54,56,58-61H2,1-5H3,(H-,65,68,69,70)/b10-8-,16-14-,22-20-,28-26-,32-31-,35-34-,40-38-,46-44-,49-47+,57-55+. The van der Waals surface area contributed by atoms with Crippen LogP contribution in [0.4, 0.5) is 0 Å². The minimum atomic E-state index is -4.62. The van der Waals surface area contributed by atoms with Crippen molar-refractivity contribution in [2.45, 2.75) is 238 Å². The van der Waals surface area contributed by atoms with Crippen molar-refractivity contribution in [3.63, 3.8) is 0 Å². The molecule has 0 saturated heterocycles. The summed E-state index contributed by atoms with van der Waals surface area (Å²) in [4.78, 5) is 25.5. The van der Waals surface area contributed by atoms with E-state index in [1.807, 2.05) is 27.2 Å². The van der Waals surface area contributed by atoms with Crippen LogP contribution in [0.1, 0.15) is 226 Å². The molecule has 9 heteroatoms. The molecule has 8 nitrogen and oxygen atoms in total. The van der Waals surface area contributed by atoms with Crippen LogP contribution in [0.3, 0.4) is 0 Å². The van der Waals surface area contributed by atoms with Crippen LogP contribution in [-0.2, 0) is 18.4 Å². The quantitative estimate of drug-likeness (QED) is 0.0272. The van der Waals surface area contributed by atoms with Gasteiger partial charge in [0.15, 0.2) is 0 Å². The molecular formula is C64H111N2O6P. The van der Waals surface area contributed by atoms with Crippen LogP contribution < -0.4 is 10.2 Å². The Labute approximate surface area is 450 Å². The van der Waals surface area contributed by atoms with E-state index in [9.17, 15) is 19.4 Å². The topological polar surface area (TPSA) is 108 Å². The first-order valence-electron chi connectivity index (χ1n) is 29.4. The fourth-order valence-corrected chi connectivity index (χ4v) is 8.55. The summed E-state index contributed by atoms with van der Waals surface area (Å²) in [6.45, 7) is 4.49. The van der Waals surface area contributed by atoms with Gasteiger partial charge in [0.25, 0.3) is 7.82 Å². The second-order valence-electron chi connectivity index (χ2n) is 20.6. The van der Waals surface area contributed by atoms with Gasteiger partial charge in [0.05, 0.1) is 39.9 Å². The van der Waals surface area contributed by atoms with E-state index in [2.05, 4.69) is 129 Å². The van der Waals surface area contributed by atoms with Gasteiger partial charge in [-0.3, -0.25) is 9.36 Å². The van der Waals surface area contributed by atoms with Crippen molar-refractivity contribution >= 4 is 13.7 Å². The van der Waals surface area contributed by atoms with Gasteiger partial charge in [-0.15, -0.1) is 0 Å². The fourth-order valence-electron chi connectivity index (χ4n) is 7.83. The molecule has 2 N–H and O–H groups in total. The van der Waals surface area contributed by atoms with Crippen molar-refractivity contribution in [1.82, 2.24) is 5.32 Å². The summed E-state index contributed by atoms with van der Waals surface area (Å²) < 4.78 is 23.3. The van der Waals surface area contributed by atoms with E-state index < -0.39 is 26.6 Å². The van der Waals surface area contributed by atoms with Crippen LogP contribution in [-0.4, -0.2) is 68.5 Å². The second kappa shape index (κ2) is 53.7. The van der Waals surface area contributed by atoms with Gasteiger partial charge in [0, 0.05) is 6.42 Å². The predicted octanol–water partition coefficient (Wildman–Crippen LogP) is 17.5. The Morgan fingerprint density at radius 3 is 1.27 bits per heavy atom. The molecule has 1 amide bonds. The zero-order valence-electron chi connectivity index (χ0n) is 47.5. The molecule has 0 aliphatic carbocycles. The van der Waals surface area contributed by atoms with Crippen LogP contribution in [0.5, 0.6) is 0 Å². The van der Waals surface area contributed by atoms with Crippen molar-refractivity contribution in [1.29, 1.82) is 0 Å². The molecule has 0 aromatic rings. The first-order chi connectivity index (χ1) is 35.5. The normalized spacial score (nSPS) is 14.8. The number of phosphoric ester groups is 1. The molecule has 418 valence electrons. The highest BCUT2D eigenvalue weighted by atomic mass is 31.2. The molecule has 0 aromatic carbocycles. The summed E-state index contributed by atoms with van der Waals surface area (Å²) in [5.41, 5.74) is 0. The van der Waals surface area contributed by atoms with E-state index in [-0.39, 0.29) is 12.5 Å². The molecule has 0 radical (unpaired) electrons. The van der Waals surface area contributed by atoms with E-state index in [0.717, 1.165) is 96.3 Å². The van der Waals surface area contributed by atoms with Gasteiger partial charge >= 0.3 is 0 Å². The highest BCUT2D eigenvalue weighted by Crippen LogP contribution is 2.38. The molecule has 0 aliphatic heterocycles. The number of nitrogens with zero attached hydrogens (tertiary/aromatic N) is 1. The van der Waals surface area contributed by atoms with Gasteiger partial charge < -0.3 is 28.8 Å². The number of aliphatic hydroxyl groups is 1. The lowest BCUT2D eigenvalue weighted by Gasteiger charge is -2.29. The van der Waals surface area contributed by atoms with Crippen LogP contribution >= 0.6 is 7.82 Å². The molecule has 0 rings (SSSR count). The van der Waals surface area contributed by atoms with Gasteiger partial charge in [-0.05, 0) is 96.3 Å². The van der Waals surface area contributed by atoms with Crippen molar-refractivity contribution in [3.8, 4) is 0 Å². The number of rotatable bonds is 52. The Balaban J connectivity index is 4.36. The number of phosphoric acid groups is 1. The van der Waals surface area contributed by atoms with Crippen molar-refractivity contribution < 1.29 is 32.9 Å². The van der Waals surface area contributed by atoms with Crippen molar-refractivity contribution in [3.05, 3.63) is 122 Å². The largest absolute Gasteiger partial charge is 0.756 e. The molecule has 0 fully saturated rings. The number of allylic oxidation sites excluding steroid dienone is 19. The summed E-state index contributed by atoms with van der Waals surface area (Å²) in [6, 6.07) is -0.928. The maximum atomic E-state index is 13.0. The third kappa shape index (κ3) is 56.5. The molecule has 0 aromatic heterocycles. The Hall–Kier alpha value is -3.10. The number of aliphatic hydroxyl groups excluding tert-OH is 1. The minimum absolute atomic E-state index is 0.0185. The van der Waals surface area contributed by atoms with Crippen molar-refractivity contribution in [2.24, 2.45) is 0 Å². The van der Waals surface area contributed by atoms with E-state index in [1.165, 1.54) is 103 Å². The lowest BCUT2D eigenvalue weighted by atomic mass is 10.0. The number of carbonyl (C=O) groups is 1. The Bertz CT molecular complexity index is 1600. The number of hydrogen-bond acceptors (Lipinski definition) is 6. The Morgan fingerprint density at radius 1 is 0.493 bits per heavy atom. The van der Waals surface area contributed by atoms with Gasteiger partial charge in [0.1, 0.15) is 13.2 Å². The van der Waals surface area contributed by atoms with Crippen molar-refractivity contribution in [2.75, 3.05) is 40.9 Å². The SMILES string of the molecule is CC/C=C\C/C=C\C/C=C\C/C=C\C/C=C\C/C=C\C/C=C\C/C=C\CCCCCCC(=O)NC(COP(=O)([O-])OCC[N+](C)(C)C)C(O)/C=C/CC/C=C/CCCCCCCCCCCCCCCCCC. The molecule has 3 atom stereocenters. The molecule has 73 heavy (non-hydrogen) atoms. The fraction of sp³-hybridized carbons (Fsp3) is 0.672. The number of unbranched alkanes of at least 4 members (excludes halogenated alkanes) is 21. The molecule has 3 unspecified atom stereocenters. The maximum absolute atomic E-state index is 13.0. The van der Waals surface area contributed by atoms with E-state index in [4.69, 9.17) is 9.05 Å². The van der Waals surface area contributed by atoms with Gasteiger partial charge in [-0.2, -0.15) is 0 Å². The first-order valence-corrected chi connectivity index (χ1v) is 30.9. The number of quaternary nitrogens is 1. The van der Waals surface area contributed by atoms with Gasteiger partial charge in [-0.25, -0.2) is 0 Å². The maximum Gasteiger partial charge on any atom is 0.268 e. The van der Waals surface area contributed by atoms with E-state index >= 15 is 0 Å². The summed E-state index contributed by atoms with van der Waals surface area (Å²) in [5.74, 6) is -0.236. The number of likely N-dealkylation sites (N-methyl/N-ethyl adjacent to an activating group) is 1. The molecule has 0 spiro atoms. The van der Waals surface area contributed by atoms with E-state index in [0.29, 0.717) is 23.9 Å². The average molecular weight is 1040 g/mol. The second-order valence-corrected chi connectivity index (χ2v) is 22.0. The number of carbonyl (C=O) groups excluding carboxylic acids is 1. The summed E-state index contributed by atoms with van der Waals surface area (Å²) >= 11 is 0. The Morgan fingerprint density at radius 2 is 0.849 bits per heavy atom. The summed E-state index contributed by atoms with van der Waals surface area (Å²) in [6.07, 6.45) is 79.9. The third-order valence-corrected chi connectivity index (χ3v) is 13.4. The molecule has 0 aliphatic rings. The highest BCUT2D eigenvalue weighted by molar-refractivity contribution is 7.45. The smallest absolute Gasteiger partial charge is 0.268 e. The minimum Gasteiger partial charge on any atom is -0.756 e. The first kappa shape index (κ1) is 69.9. The number of amides is 1. The third-order valence-electron chi connectivity index (χ3n) is 12.4. The zero-order chi connectivity index (χ0) is 53.5. The summed E-state index contributed by atoms with van der Waals surface area (Å²) in [7, 11) is 1.21. The molecule has 0 heterocycles. The van der Waals surface area contributed by atoms with Gasteiger partial charge in [0.2, 0.25) is 5.91 Å². The van der Waals surface area contributed by atoms with Crippen LogP contribution in [0.25, 0.3) is 0 Å². The number of nitrogens with one attached hydrogen (secondary N) is 1. The molecule has 0 saturated carbocycles. The van der Waals surface area contributed by atoms with Crippen LogP contribution in [0.15, 0.2) is 122 Å². The van der Waals surface area contributed by atoms with Crippen LogP contribution in [0.2, 0.25) is 0 Å². The number of hydrogen-bond donors (Lipinski definition) is 2. The predicted molar refractivity (Wildman–Crippen MR) is 315 cm³/mol. The molecular weight excluding hydrogens is 924 g/mol. The molecule has 0 bridgehead atoms. The monoisotopic (exact) mass is 1030 g/mol. The zero-order valence-corrected chi connectivity index (χ0v) is 48.4. The van der Waals surface area contributed by atoms with E-state index in [1.54, 1.807) is 6.08 Å². The summed E-state index contributed by atoms with van der Waals surface area (Å²) in [5, 5.41) is 13.9. The average Bonchev–Trinajstić information content (AvgIpc) is 3.35. The van der Waals surface area contributed by atoms with Crippen LogP contribution in [0, 0.1) is 0 Å². The van der Waals surface area contributed by atoms with Gasteiger partial charge in [-0.1, -0.05) is 245 Å².